The maximum atomic E-state index is 12.9. The Labute approximate surface area is 431 Å². The summed E-state index contributed by atoms with van der Waals surface area (Å²) in [7, 11) is 0. The van der Waals surface area contributed by atoms with Gasteiger partial charge >= 0.3 is 17.9 Å². The van der Waals surface area contributed by atoms with Gasteiger partial charge in [-0.05, 0) is 109 Å². The van der Waals surface area contributed by atoms with Crippen LogP contribution in [-0.4, -0.2) is 37.2 Å². The molecule has 0 aliphatic rings. The van der Waals surface area contributed by atoms with Gasteiger partial charge in [-0.25, -0.2) is 0 Å². The Morgan fingerprint density at radius 1 is 0.300 bits per heavy atom. The van der Waals surface area contributed by atoms with E-state index in [0.717, 1.165) is 128 Å². The summed E-state index contributed by atoms with van der Waals surface area (Å²) < 4.78 is 16.8. The van der Waals surface area contributed by atoms with Crippen LogP contribution in [0.25, 0.3) is 0 Å². The first kappa shape index (κ1) is 65.8. The van der Waals surface area contributed by atoms with E-state index in [0.29, 0.717) is 19.3 Å². The summed E-state index contributed by atoms with van der Waals surface area (Å²) in [6.07, 6.45) is 79.0. The number of ether oxygens (including phenoxy) is 3. The molecule has 0 heterocycles. The Hall–Kier alpha value is -4.19. The number of carbonyl (C=O) groups is 3. The molecule has 6 nitrogen and oxygen atoms in total. The first-order valence-electron chi connectivity index (χ1n) is 28.5. The predicted octanol–water partition coefficient (Wildman–Crippen LogP) is 19.3. The maximum absolute atomic E-state index is 12.9. The van der Waals surface area contributed by atoms with Gasteiger partial charge in [0.25, 0.3) is 0 Å². The Morgan fingerprint density at radius 3 is 0.871 bits per heavy atom. The summed E-state index contributed by atoms with van der Waals surface area (Å²) in [5, 5.41) is 0. The Balaban J connectivity index is 4.52. The molecule has 0 fully saturated rings. The van der Waals surface area contributed by atoms with Crippen molar-refractivity contribution in [3.63, 3.8) is 0 Å². The molecule has 0 saturated carbocycles. The quantitative estimate of drug-likeness (QED) is 0.0262. The van der Waals surface area contributed by atoms with Gasteiger partial charge in [0.15, 0.2) is 6.10 Å². The Morgan fingerprint density at radius 2 is 0.557 bits per heavy atom. The number of carbonyl (C=O) groups excluding carboxylic acids is 3. The molecule has 0 aromatic carbocycles. The molecule has 0 aliphatic carbocycles. The van der Waals surface area contributed by atoms with Crippen molar-refractivity contribution in [2.75, 3.05) is 13.2 Å². The van der Waals surface area contributed by atoms with Gasteiger partial charge in [0, 0.05) is 19.3 Å². The average Bonchev–Trinajstić information content (AvgIpc) is 3.36. The van der Waals surface area contributed by atoms with Gasteiger partial charge in [0.05, 0.1) is 0 Å². The smallest absolute Gasteiger partial charge is 0.306 e. The molecule has 0 N–H and O–H groups in total. The highest BCUT2D eigenvalue weighted by atomic mass is 16.6. The molecule has 1 unspecified atom stereocenters. The van der Waals surface area contributed by atoms with Crippen molar-refractivity contribution < 1.29 is 28.6 Å². The van der Waals surface area contributed by atoms with E-state index in [9.17, 15) is 14.4 Å². The van der Waals surface area contributed by atoms with Crippen molar-refractivity contribution in [3.8, 4) is 0 Å². The van der Waals surface area contributed by atoms with E-state index >= 15 is 0 Å². The lowest BCUT2D eigenvalue weighted by Crippen LogP contribution is -2.30. The van der Waals surface area contributed by atoms with Crippen LogP contribution < -0.4 is 0 Å². The van der Waals surface area contributed by atoms with E-state index in [4.69, 9.17) is 14.2 Å². The fourth-order valence-electron chi connectivity index (χ4n) is 7.49. The summed E-state index contributed by atoms with van der Waals surface area (Å²) in [6.45, 7) is 6.36. The number of allylic oxidation sites excluding steroid dienone is 20. The number of unbranched alkanes of at least 4 members (excludes halogenated alkanes) is 19. The summed E-state index contributed by atoms with van der Waals surface area (Å²) in [4.78, 5) is 38.2. The fourth-order valence-corrected chi connectivity index (χ4v) is 7.49. The van der Waals surface area contributed by atoms with Crippen LogP contribution in [0.15, 0.2) is 122 Å². The zero-order chi connectivity index (χ0) is 50.7. The summed E-state index contributed by atoms with van der Waals surface area (Å²) in [5.74, 6) is -0.970. The minimum absolute atomic E-state index is 0.103. The van der Waals surface area contributed by atoms with Gasteiger partial charge in [0.2, 0.25) is 0 Å². The summed E-state index contributed by atoms with van der Waals surface area (Å²) >= 11 is 0. The average molecular weight is 970 g/mol. The Kier molecular flexibility index (Phi) is 54.0. The van der Waals surface area contributed by atoms with Crippen LogP contribution in [0.5, 0.6) is 0 Å². The molecule has 0 aliphatic heterocycles. The molecule has 0 amide bonds. The second-order valence-electron chi connectivity index (χ2n) is 18.4. The largest absolute Gasteiger partial charge is 0.462 e. The molecule has 1 atom stereocenters. The van der Waals surface area contributed by atoms with E-state index in [1.165, 1.54) is 70.6 Å². The molecule has 0 aromatic heterocycles. The highest BCUT2D eigenvalue weighted by Crippen LogP contribution is 2.15. The number of hydrogen-bond donors (Lipinski definition) is 0. The normalized spacial score (nSPS) is 13.0. The Bertz CT molecular complexity index is 1490. The van der Waals surface area contributed by atoms with Gasteiger partial charge in [-0.3, -0.25) is 14.4 Å². The number of esters is 3. The van der Waals surface area contributed by atoms with Crippen LogP contribution in [-0.2, 0) is 28.6 Å². The van der Waals surface area contributed by atoms with E-state index < -0.39 is 6.10 Å². The molecule has 0 saturated heterocycles. The zero-order valence-electron chi connectivity index (χ0n) is 45.2. The molecule has 70 heavy (non-hydrogen) atoms. The van der Waals surface area contributed by atoms with Crippen LogP contribution in [0, 0.1) is 0 Å². The monoisotopic (exact) mass is 969 g/mol. The van der Waals surface area contributed by atoms with Gasteiger partial charge in [-0.15, -0.1) is 0 Å². The fraction of sp³-hybridized carbons (Fsp3) is 0.641. The maximum Gasteiger partial charge on any atom is 0.306 e. The standard InChI is InChI=1S/C64H104O6/c1-4-7-10-13-16-19-22-25-28-30-32-34-36-39-42-45-48-51-54-57-63(66)69-60-61(59-68-62(65)56-53-50-47-44-41-38-27-24-21-18-15-12-9-6-3)70-64(67)58-55-52-49-46-43-40-37-35-33-31-29-26-23-20-17-14-11-8-5-2/h7-8,10-11,16-17,19-20,25-26,28-29,32-35,39-40,42-43,61H,4-6,9,12-15,18,21-24,27,30-31,36-38,41,44-60H2,1-3H3/b10-7-,11-8-,19-16-,20-17-,28-25-,29-26-,34-32-,35-33-,42-39-,43-40-. The molecule has 0 spiro atoms. The van der Waals surface area contributed by atoms with Gasteiger partial charge in [0.1, 0.15) is 13.2 Å². The lowest BCUT2D eigenvalue weighted by molar-refractivity contribution is -0.167. The minimum atomic E-state index is -0.812. The van der Waals surface area contributed by atoms with Crippen molar-refractivity contribution >= 4 is 17.9 Å². The van der Waals surface area contributed by atoms with Crippen molar-refractivity contribution in [2.45, 2.75) is 252 Å². The minimum Gasteiger partial charge on any atom is -0.462 e. The third-order valence-electron chi connectivity index (χ3n) is 11.7. The van der Waals surface area contributed by atoms with Gasteiger partial charge in [-0.2, -0.15) is 0 Å². The third-order valence-corrected chi connectivity index (χ3v) is 11.7. The molecule has 0 bridgehead atoms. The topological polar surface area (TPSA) is 78.9 Å². The number of hydrogen-bond acceptors (Lipinski definition) is 6. The third kappa shape index (κ3) is 54.7. The lowest BCUT2D eigenvalue weighted by Gasteiger charge is -2.18. The second kappa shape index (κ2) is 57.4. The highest BCUT2D eigenvalue weighted by molar-refractivity contribution is 5.71. The molecule has 0 rings (SSSR count). The van der Waals surface area contributed by atoms with Crippen LogP contribution in [0.3, 0.4) is 0 Å². The predicted molar refractivity (Wildman–Crippen MR) is 302 cm³/mol. The molecular weight excluding hydrogens is 865 g/mol. The molecule has 396 valence electrons. The van der Waals surface area contributed by atoms with E-state index in [2.05, 4.69) is 142 Å². The van der Waals surface area contributed by atoms with Crippen LogP contribution in [0.4, 0.5) is 0 Å². The van der Waals surface area contributed by atoms with Crippen LogP contribution in [0.1, 0.15) is 245 Å². The van der Waals surface area contributed by atoms with Crippen molar-refractivity contribution in [1.29, 1.82) is 0 Å². The van der Waals surface area contributed by atoms with E-state index in [-0.39, 0.29) is 37.5 Å². The molecule has 0 aromatic rings. The first-order chi connectivity index (χ1) is 34.5. The van der Waals surface area contributed by atoms with E-state index in [1.807, 2.05) is 0 Å². The van der Waals surface area contributed by atoms with E-state index in [1.54, 1.807) is 0 Å². The second-order valence-corrected chi connectivity index (χ2v) is 18.4. The first-order valence-corrected chi connectivity index (χ1v) is 28.5. The zero-order valence-corrected chi connectivity index (χ0v) is 45.2. The van der Waals surface area contributed by atoms with Crippen molar-refractivity contribution in [1.82, 2.24) is 0 Å². The SMILES string of the molecule is CC/C=C\C/C=C\C/C=C\C/C=C\C/C=C\CCCCCC(=O)OCC(COC(=O)CCCCCCCCCCCCCCCC)OC(=O)CCCCC/C=C\C/C=C\C/C=C\C/C=C\C/C=C\CC. The number of rotatable bonds is 50. The van der Waals surface area contributed by atoms with Crippen molar-refractivity contribution in [3.05, 3.63) is 122 Å². The van der Waals surface area contributed by atoms with Crippen molar-refractivity contribution in [2.24, 2.45) is 0 Å². The summed E-state index contributed by atoms with van der Waals surface area (Å²) in [5.41, 5.74) is 0. The van der Waals surface area contributed by atoms with Crippen LogP contribution in [0.2, 0.25) is 0 Å². The van der Waals surface area contributed by atoms with Crippen LogP contribution >= 0.6 is 0 Å². The van der Waals surface area contributed by atoms with Gasteiger partial charge < -0.3 is 14.2 Å². The highest BCUT2D eigenvalue weighted by Gasteiger charge is 2.19. The molecule has 0 radical (unpaired) electrons. The molecule has 6 heteroatoms. The summed E-state index contributed by atoms with van der Waals surface area (Å²) in [6, 6.07) is 0. The van der Waals surface area contributed by atoms with Gasteiger partial charge in [-0.1, -0.05) is 239 Å². The molecular formula is C64H104O6. The lowest BCUT2D eigenvalue weighted by atomic mass is 10.0.